The molecule has 1 saturated carbocycles. The van der Waals surface area contributed by atoms with Crippen LogP contribution in [-0.2, 0) is 17.9 Å². The van der Waals surface area contributed by atoms with E-state index in [1.54, 1.807) is 21.9 Å². The Morgan fingerprint density at radius 3 is 2.38 bits per heavy atom. The van der Waals surface area contributed by atoms with Gasteiger partial charge < -0.3 is 19.5 Å². The quantitative estimate of drug-likeness (QED) is 0.592. The highest BCUT2D eigenvalue weighted by Crippen LogP contribution is 2.18. The van der Waals surface area contributed by atoms with Crippen LogP contribution in [0.15, 0.2) is 40.8 Å². The smallest absolute Gasteiger partial charge is 0.318 e. The number of halogens is 1. The number of nitrogens with zero attached hydrogens (tertiary/aromatic N) is 2. The van der Waals surface area contributed by atoms with E-state index in [4.69, 9.17) is 4.42 Å². The Morgan fingerprint density at radius 1 is 1.03 bits per heavy atom. The highest BCUT2D eigenvalue weighted by atomic mass is 19.1. The normalized spacial score (nSPS) is 14.2. The van der Waals surface area contributed by atoms with E-state index >= 15 is 0 Å². The van der Waals surface area contributed by atoms with Gasteiger partial charge in [0.1, 0.15) is 23.9 Å². The molecular formula is C25H34FN3O3. The molecule has 1 heterocycles. The summed E-state index contributed by atoms with van der Waals surface area (Å²) in [6, 6.07) is 9.82. The van der Waals surface area contributed by atoms with E-state index in [0.29, 0.717) is 18.8 Å². The van der Waals surface area contributed by atoms with Crippen molar-refractivity contribution in [2.24, 2.45) is 0 Å². The van der Waals surface area contributed by atoms with Gasteiger partial charge in [-0.25, -0.2) is 9.18 Å². The molecule has 0 saturated heterocycles. The summed E-state index contributed by atoms with van der Waals surface area (Å²) in [4.78, 5) is 29.5. The standard InChI is InChI=1S/C25H34FN3O3/c1-3-15-28(25(31)27-22-7-5-4-6-8-22)18-24(30)29(17-23-14-9-19(2)32-23)16-20-10-12-21(26)13-11-20/h9-14,22H,3-8,15-18H2,1-2H3,(H,27,31). The molecule has 32 heavy (non-hydrogen) atoms. The Kier molecular flexibility index (Phi) is 8.71. The minimum atomic E-state index is -0.318. The first-order valence-corrected chi connectivity index (χ1v) is 11.6. The van der Waals surface area contributed by atoms with Crippen molar-refractivity contribution >= 4 is 11.9 Å². The van der Waals surface area contributed by atoms with Crippen molar-refractivity contribution < 1.29 is 18.4 Å². The number of nitrogens with one attached hydrogen (secondary N) is 1. The average Bonchev–Trinajstić information content (AvgIpc) is 3.19. The summed E-state index contributed by atoms with van der Waals surface area (Å²) < 4.78 is 19.0. The number of furan rings is 1. The number of hydrogen-bond acceptors (Lipinski definition) is 3. The van der Waals surface area contributed by atoms with Gasteiger partial charge in [0.25, 0.3) is 0 Å². The van der Waals surface area contributed by atoms with Crippen LogP contribution in [0.25, 0.3) is 0 Å². The third-order valence-electron chi connectivity index (χ3n) is 5.82. The molecule has 0 radical (unpaired) electrons. The molecule has 3 amide bonds. The van der Waals surface area contributed by atoms with Crippen LogP contribution in [0.2, 0.25) is 0 Å². The topological polar surface area (TPSA) is 65.8 Å². The maximum atomic E-state index is 13.3. The lowest BCUT2D eigenvalue weighted by atomic mass is 9.96. The third kappa shape index (κ3) is 7.11. The Labute approximate surface area is 189 Å². The van der Waals surface area contributed by atoms with Crippen LogP contribution in [0, 0.1) is 12.7 Å². The van der Waals surface area contributed by atoms with Crippen LogP contribution < -0.4 is 5.32 Å². The van der Waals surface area contributed by atoms with Crippen LogP contribution in [0.5, 0.6) is 0 Å². The number of urea groups is 1. The zero-order valence-electron chi connectivity index (χ0n) is 19.1. The summed E-state index contributed by atoms with van der Waals surface area (Å²) in [6.45, 7) is 4.95. The van der Waals surface area contributed by atoms with Crippen molar-refractivity contribution in [3.63, 3.8) is 0 Å². The lowest BCUT2D eigenvalue weighted by Gasteiger charge is -2.30. The summed E-state index contributed by atoms with van der Waals surface area (Å²) >= 11 is 0. The number of carbonyl (C=O) groups excluding carboxylic acids is 2. The Bertz CT molecular complexity index is 875. The fourth-order valence-electron chi connectivity index (χ4n) is 4.10. The summed E-state index contributed by atoms with van der Waals surface area (Å²) in [5, 5.41) is 3.11. The monoisotopic (exact) mass is 443 g/mol. The first-order chi connectivity index (χ1) is 15.4. The molecule has 2 aromatic rings. The maximum Gasteiger partial charge on any atom is 0.318 e. The Morgan fingerprint density at radius 2 is 1.75 bits per heavy atom. The largest absolute Gasteiger partial charge is 0.464 e. The first-order valence-electron chi connectivity index (χ1n) is 11.6. The van der Waals surface area contributed by atoms with Crippen molar-refractivity contribution in [2.45, 2.75) is 71.5 Å². The molecule has 3 rings (SSSR count). The number of amides is 3. The van der Waals surface area contributed by atoms with Gasteiger partial charge in [-0.1, -0.05) is 38.3 Å². The molecule has 1 aliphatic rings. The Balaban J connectivity index is 1.69. The highest BCUT2D eigenvalue weighted by Gasteiger charge is 2.24. The molecular weight excluding hydrogens is 409 g/mol. The number of rotatable bonds is 9. The highest BCUT2D eigenvalue weighted by molar-refractivity contribution is 5.84. The molecule has 174 valence electrons. The zero-order valence-corrected chi connectivity index (χ0v) is 19.1. The zero-order chi connectivity index (χ0) is 22.9. The van der Waals surface area contributed by atoms with E-state index in [2.05, 4.69) is 5.32 Å². The van der Waals surface area contributed by atoms with E-state index < -0.39 is 0 Å². The molecule has 0 atom stereocenters. The minimum Gasteiger partial charge on any atom is -0.464 e. The number of benzene rings is 1. The molecule has 0 unspecified atom stereocenters. The van der Waals surface area contributed by atoms with Gasteiger partial charge in [-0.15, -0.1) is 0 Å². The van der Waals surface area contributed by atoms with Gasteiger partial charge in [-0.3, -0.25) is 4.79 Å². The molecule has 1 aliphatic carbocycles. The van der Waals surface area contributed by atoms with E-state index in [-0.39, 0.29) is 36.9 Å². The molecule has 0 aliphatic heterocycles. The molecule has 1 aromatic heterocycles. The second-order valence-corrected chi connectivity index (χ2v) is 8.59. The van der Waals surface area contributed by atoms with Crippen molar-refractivity contribution in [3.05, 3.63) is 59.3 Å². The van der Waals surface area contributed by atoms with Crippen molar-refractivity contribution in [2.75, 3.05) is 13.1 Å². The number of hydrogen-bond donors (Lipinski definition) is 1. The number of carbonyl (C=O) groups is 2. The van der Waals surface area contributed by atoms with Crippen molar-refractivity contribution in [3.8, 4) is 0 Å². The predicted octanol–water partition coefficient (Wildman–Crippen LogP) is 5.01. The van der Waals surface area contributed by atoms with Crippen LogP contribution in [-0.4, -0.2) is 40.9 Å². The van der Waals surface area contributed by atoms with E-state index in [1.165, 1.54) is 18.6 Å². The van der Waals surface area contributed by atoms with Gasteiger partial charge in [0.05, 0.1) is 6.54 Å². The fourth-order valence-corrected chi connectivity index (χ4v) is 4.10. The fraction of sp³-hybridized carbons (Fsp3) is 0.520. The van der Waals surface area contributed by atoms with Crippen LogP contribution in [0.4, 0.5) is 9.18 Å². The molecule has 1 aromatic carbocycles. The summed E-state index contributed by atoms with van der Waals surface area (Å²) in [7, 11) is 0. The van der Waals surface area contributed by atoms with E-state index in [0.717, 1.165) is 43.4 Å². The van der Waals surface area contributed by atoms with Crippen LogP contribution >= 0.6 is 0 Å². The van der Waals surface area contributed by atoms with Gasteiger partial charge in [0.15, 0.2) is 0 Å². The van der Waals surface area contributed by atoms with Crippen LogP contribution in [0.3, 0.4) is 0 Å². The lowest BCUT2D eigenvalue weighted by Crippen LogP contribution is -2.49. The first kappa shape index (κ1) is 23.8. The van der Waals surface area contributed by atoms with E-state index in [1.807, 2.05) is 26.0 Å². The minimum absolute atomic E-state index is 0.00667. The van der Waals surface area contributed by atoms with Gasteiger partial charge >= 0.3 is 6.03 Å². The van der Waals surface area contributed by atoms with Gasteiger partial charge in [-0.2, -0.15) is 0 Å². The molecule has 1 fully saturated rings. The molecule has 7 heteroatoms. The van der Waals surface area contributed by atoms with Crippen molar-refractivity contribution in [1.82, 2.24) is 15.1 Å². The van der Waals surface area contributed by atoms with Crippen LogP contribution in [0.1, 0.15) is 62.5 Å². The molecule has 6 nitrogen and oxygen atoms in total. The number of aryl methyl sites for hydroxylation is 1. The molecule has 0 spiro atoms. The van der Waals surface area contributed by atoms with Gasteiger partial charge in [-0.05, 0) is 56.0 Å². The average molecular weight is 444 g/mol. The summed E-state index contributed by atoms with van der Waals surface area (Å²) in [5.41, 5.74) is 0.816. The predicted molar refractivity (Wildman–Crippen MR) is 121 cm³/mol. The maximum absolute atomic E-state index is 13.3. The second kappa shape index (κ2) is 11.7. The second-order valence-electron chi connectivity index (χ2n) is 8.59. The van der Waals surface area contributed by atoms with Gasteiger partial charge in [0, 0.05) is 19.1 Å². The summed E-state index contributed by atoms with van der Waals surface area (Å²) in [5.74, 6) is 0.956. The molecule has 1 N–H and O–H groups in total. The van der Waals surface area contributed by atoms with Gasteiger partial charge in [0.2, 0.25) is 5.91 Å². The summed E-state index contributed by atoms with van der Waals surface area (Å²) in [6.07, 6.45) is 6.23. The Hall–Kier alpha value is -2.83. The SMILES string of the molecule is CCCN(CC(=O)N(Cc1ccc(F)cc1)Cc1ccc(C)o1)C(=O)NC1CCCCC1. The molecule has 0 bridgehead atoms. The van der Waals surface area contributed by atoms with Crippen molar-refractivity contribution in [1.29, 1.82) is 0 Å². The van der Waals surface area contributed by atoms with E-state index in [9.17, 15) is 14.0 Å². The lowest BCUT2D eigenvalue weighted by molar-refractivity contribution is -0.133. The third-order valence-corrected chi connectivity index (χ3v) is 5.82.